The van der Waals surface area contributed by atoms with Gasteiger partial charge in [-0.15, -0.1) is 0 Å². The third-order valence-corrected chi connectivity index (χ3v) is 4.41. The van der Waals surface area contributed by atoms with E-state index >= 15 is 0 Å². The van der Waals surface area contributed by atoms with Crippen molar-refractivity contribution in [3.63, 3.8) is 0 Å². The molecule has 0 atom stereocenters. The number of anilines is 2. The van der Waals surface area contributed by atoms with Gasteiger partial charge in [-0.1, -0.05) is 44.2 Å². The molecule has 2 N–H and O–H groups in total. The summed E-state index contributed by atoms with van der Waals surface area (Å²) in [6, 6.07) is 14.9. The number of nitrogens with one attached hydrogen (secondary N) is 2. The molecule has 0 amide bonds. The predicted molar refractivity (Wildman–Crippen MR) is 98.2 cm³/mol. The van der Waals surface area contributed by atoms with E-state index in [2.05, 4.69) is 72.1 Å². The summed E-state index contributed by atoms with van der Waals surface area (Å²) in [6.07, 6.45) is 6.36. The highest BCUT2D eigenvalue weighted by atomic mass is 32.2. The second-order valence-electron chi connectivity index (χ2n) is 5.34. The van der Waals surface area contributed by atoms with E-state index in [1.807, 2.05) is 6.08 Å². The quantitative estimate of drug-likeness (QED) is 0.692. The average Bonchev–Trinajstić information content (AvgIpc) is 2.54. The van der Waals surface area contributed by atoms with E-state index in [9.17, 15) is 0 Å². The first-order valence-electron chi connectivity index (χ1n) is 7.55. The molecule has 0 bridgehead atoms. The zero-order valence-electron chi connectivity index (χ0n) is 12.7. The van der Waals surface area contributed by atoms with Crippen LogP contribution in [0.25, 0.3) is 6.08 Å². The van der Waals surface area contributed by atoms with Crippen LogP contribution in [0.1, 0.15) is 24.5 Å². The highest BCUT2D eigenvalue weighted by molar-refractivity contribution is 8.00. The zero-order valence-corrected chi connectivity index (χ0v) is 13.5. The van der Waals surface area contributed by atoms with E-state index in [-0.39, 0.29) is 0 Å². The lowest BCUT2D eigenvalue weighted by Gasteiger charge is -2.16. The monoisotopic (exact) mass is 308 g/mol. The molecule has 2 aromatic rings. The van der Waals surface area contributed by atoms with Gasteiger partial charge in [0.05, 0.1) is 0 Å². The van der Waals surface area contributed by atoms with Crippen LogP contribution in [0.3, 0.4) is 0 Å². The summed E-state index contributed by atoms with van der Waals surface area (Å²) < 4.78 is 3.48. The molecule has 0 unspecified atom stereocenters. The third kappa shape index (κ3) is 3.37. The molecular formula is C19H20N2S. The zero-order chi connectivity index (χ0) is 15.4. The molecule has 2 aromatic carbocycles. The van der Waals surface area contributed by atoms with Crippen LogP contribution < -0.4 is 10.0 Å². The largest absolute Gasteiger partial charge is 0.356 e. The van der Waals surface area contributed by atoms with E-state index in [4.69, 9.17) is 0 Å². The van der Waals surface area contributed by atoms with Gasteiger partial charge in [-0.3, -0.25) is 0 Å². The molecular weight excluding hydrogens is 288 g/mol. The minimum Gasteiger partial charge on any atom is -0.356 e. The Morgan fingerprint density at radius 1 is 1.14 bits per heavy atom. The molecule has 0 spiro atoms. The van der Waals surface area contributed by atoms with Gasteiger partial charge in [-0.25, -0.2) is 0 Å². The Bertz CT molecular complexity index is 719. The Kier molecular flexibility index (Phi) is 4.54. The lowest BCUT2D eigenvalue weighted by Crippen LogP contribution is -2.01. The fraction of sp³-hybridized carbons (Fsp3) is 0.158. The van der Waals surface area contributed by atoms with Crippen molar-refractivity contribution in [2.45, 2.75) is 24.7 Å². The van der Waals surface area contributed by atoms with Gasteiger partial charge in [0, 0.05) is 22.0 Å². The average molecular weight is 308 g/mol. The molecule has 112 valence electrons. The molecule has 0 aliphatic carbocycles. The topological polar surface area (TPSA) is 24.1 Å². The second-order valence-corrected chi connectivity index (χ2v) is 6.22. The first kappa shape index (κ1) is 14.8. The Balaban J connectivity index is 1.73. The Hall–Kier alpha value is -2.13. The van der Waals surface area contributed by atoms with Crippen molar-refractivity contribution < 1.29 is 0 Å². The van der Waals surface area contributed by atoms with Crippen molar-refractivity contribution in [3.05, 3.63) is 71.9 Å². The van der Waals surface area contributed by atoms with Crippen LogP contribution in [0.4, 0.5) is 11.4 Å². The number of aryl methyl sites for hydroxylation is 1. The van der Waals surface area contributed by atoms with Crippen molar-refractivity contribution >= 4 is 29.4 Å². The number of allylic oxidation sites excluding steroid dienone is 1. The van der Waals surface area contributed by atoms with Crippen LogP contribution in [-0.4, -0.2) is 0 Å². The number of hydrogen-bond donors (Lipinski definition) is 2. The van der Waals surface area contributed by atoms with Crippen molar-refractivity contribution in [1.82, 2.24) is 0 Å². The second kappa shape index (κ2) is 6.75. The van der Waals surface area contributed by atoms with Gasteiger partial charge >= 0.3 is 0 Å². The van der Waals surface area contributed by atoms with Crippen LogP contribution in [0, 0.1) is 0 Å². The Labute approximate surface area is 136 Å². The molecule has 3 heteroatoms. The Morgan fingerprint density at radius 2 is 2.00 bits per heavy atom. The smallest absolute Gasteiger partial charge is 0.0475 e. The van der Waals surface area contributed by atoms with E-state index in [0.717, 1.165) is 24.2 Å². The molecule has 3 rings (SSSR count). The summed E-state index contributed by atoms with van der Waals surface area (Å²) in [5, 5.41) is 3.28. The predicted octanol–water partition coefficient (Wildman–Crippen LogP) is 5.71. The van der Waals surface area contributed by atoms with Gasteiger partial charge in [0.15, 0.2) is 0 Å². The van der Waals surface area contributed by atoms with Gasteiger partial charge in [-0.2, -0.15) is 0 Å². The minimum absolute atomic E-state index is 0.930. The van der Waals surface area contributed by atoms with E-state index in [1.165, 1.54) is 21.7 Å². The van der Waals surface area contributed by atoms with Crippen molar-refractivity contribution in [2.24, 2.45) is 0 Å². The van der Waals surface area contributed by atoms with Gasteiger partial charge in [0.25, 0.3) is 0 Å². The molecule has 0 fully saturated rings. The van der Waals surface area contributed by atoms with E-state index in [1.54, 1.807) is 11.9 Å². The van der Waals surface area contributed by atoms with E-state index in [0.29, 0.717) is 0 Å². The summed E-state index contributed by atoms with van der Waals surface area (Å²) in [5.41, 5.74) is 5.81. The maximum absolute atomic E-state index is 3.92. The lowest BCUT2D eigenvalue weighted by molar-refractivity contribution is 0.924. The maximum Gasteiger partial charge on any atom is 0.0475 e. The number of hydrogen-bond acceptors (Lipinski definition) is 3. The molecule has 0 radical (unpaired) electrons. The van der Waals surface area contributed by atoms with Crippen molar-refractivity contribution in [2.75, 3.05) is 10.0 Å². The first-order valence-corrected chi connectivity index (χ1v) is 8.37. The highest BCUT2D eigenvalue weighted by Crippen LogP contribution is 2.30. The van der Waals surface area contributed by atoms with Gasteiger partial charge in [-0.05, 0) is 59.8 Å². The first-order chi connectivity index (χ1) is 10.8. The number of benzene rings is 2. The van der Waals surface area contributed by atoms with E-state index < -0.39 is 0 Å². The SMILES string of the molecule is C=C1C=Cc2cc(SNc3ccccc3CCC)ccc2N1. The summed E-state index contributed by atoms with van der Waals surface area (Å²) in [4.78, 5) is 1.20. The number of fused-ring (bicyclic) bond motifs is 1. The summed E-state index contributed by atoms with van der Waals surface area (Å²) in [7, 11) is 0. The summed E-state index contributed by atoms with van der Waals surface area (Å²) in [5.74, 6) is 0. The molecule has 0 aromatic heterocycles. The van der Waals surface area contributed by atoms with Crippen LogP contribution >= 0.6 is 11.9 Å². The van der Waals surface area contributed by atoms with Gasteiger partial charge < -0.3 is 10.0 Å². The van der Waals surface area contributed by atoms with Gasteiger partial charge in [0.2, 0.25) is 0 Å². The number of para-hydroxylation sites is 1. The van der Waals surface area contributed by atoms with Crippen LogP contribution in [0.15, 0.2) is 65.7 Å². The van der Waals surface area contributed by atoms with Crippen molar-refractivity contribution in [1.29, 1.82) is 0 Å². The maximum atomic E-state index is 3.92. The van der Waals surface area contributed by atoms with Gasteiger partial charge in [0.1, 0.15) is 0 Å². The third-order valence-electron chi connectivity index (χ3n) is 3.60. The normalized spacial score (nSPS) is 12.7. The molecule has 1 heterocycles. The molecule has 2 nitrogen and oxygen atoms in total. The fourth-order valence-corrected chi connectivity index (χ4v) is 3.23. The van der Waals surface area contributed by atoms with Crippen LogP contribution in [-0.2, 0) is 6.42 Å². The molecule has 0 saturated carbocycles. The van der Waals surface area contributed by atoms with Crippen molar-refractivity contribution in [3.8, 4) is 0 Å². The standard InChI is InChI=1S/C19H20N2S/c1-3-6-15-7-4-5-8-19(15)21-22-17-11-12-18-16(13-17)10-9-14(2)20-18/h4-5,7-13,20-21H,2-3,6H2,1H3. The van der Waals surface area contributed by atoms with Crippen LogP contribution in [0.5, 0.6) is 0 Å². The highest BCUT2D eigenvalue weighted by Gasteiger charge is 2.07. The number of rotatable bonds is 5. The van der Waals surface area contributed by atoms with Crippen LogP contribution in [0.2, 0.25) is 0 Å². The molecule has 1 aliphatic rings. The Morgan fingerprint density at radius 3 is 2.86 bits per heavy atom. The lowest BCUT2D eigenvalue weighted by atomic mass is 10.1. The molecule has 0 saturated heterocycles. The molecule has 22 heavy (non-hydrogen) atoms. The molecule has 1 aliphatic heterocycles. The summed E-state index contributed by atoms with van der Waals surface area (Å²) >= 11 is 1.65. The summed E-state index contributed by atoms with van der Waals surface area (Å²) in [6.45, 7) is 6.13. The minimum atomic E-state index is 0.930. The fourth-order valence-electron chi connectivity index (χ4n) is 2.48.